The van der Waals surface area contributed by atoms with Gasteiger partial charge in [0.15, 0.2) is 5.82 Å². The average molecular weight is 319 g/mol. The number of aryl methyl sites for hydroxylation is 2. The van der Waals surface area contributed by atoms with Gasteiger partial charge in [-0.15, -0.1) is 0 Å². The summed E-state index contributed by atoms with van der Waals surface area (Å²) in [5.74, 6) is 0.910. The number of rotatable bonds is 1. The minimum Gasteiger partial charge on any atom is -0.323 e. The second kappa shape index (κ2) is 5.25. The molecule has 0 aliphatic carbocycles. The highest BCUT2D eigenvalue weighted by atomic mass is 79.9. The third-order valence-corrected chi connectivity index (χ3v) is 3.71. The van der Waals surface area contributed by atoms with Gasteiger partial charge in [0.25, 0.3) is 0 Å². The fraction of sp³-hybridized carbons (Fsp3) is 0.357. The van der Waals surface area contributed by atoms with Crippen LogP contribution in [0, 0.1) is 6.92 Å². The molecule has 0 aromatic carbocycles. The summed E-state index contributed by atoms with van der Waals surface area (Å²) in [6, 6.07) is 4.10. The van der Waals surface area contributed by atoms with Gasteiger partial charge in [0.1, 0.15) is 4.60 Å². The molecule has 98 valence electrons. The molecule has 0 bridgehead atoms. The zero-order chi connectivity index (χ0) is 13.2. The first kappa shape index (κ1) is 12.5. The Morgan fingerprint density at radius 1 is 1.16 bits per heavy atom. The molecule has 5 heteroatoms. The predicted octanol–water partition coefficient (Wildman–Crippen LogP) is 3.42. The van der Waals surface area contributed by atoms with Gasteiger partial charge in [0, 0.05) is 12.7 Å². The van der Waals surface area contributed by atoms with E-state index in [2.05, 4.69) is 41.8 Å². The highest BCUT2D eigenvalue weighted by molar-refractivity contribution is 9.10. The Kier molecular flexibility index (Phi) is 3.46. The van der Waals surface area contributed by atoms with Gasteiger partial charge < -0.3 is 4.90 Å². The summed E-state index contributed by atoms with van der Waals surface area (Å²) in [6.07, 6.45) is 6.92. The van der Waals surface area contributed by atoms with Crippen LogP contribution in [0.25, 0.3) is 0 Å². The molecule has 3 heterocycles. The molecule has 0 amide bonds. The molecule has 1 aliphatic heterocycles. The summed E-state index contributed by atoms with van der Waals surface area (Å²) in [6.45, 7) is 2.93. The largest absolute Gasteiger partial charge is 0.323 e. The molecule has 0 saturated carbocycles. The van der Waals surface area contributed by atoms with Crippen molar-refractivity contribution in [3.05, 3.63) is 40.5 Å². The van der Waals surface area contributed by atoms with Crippen LogP contribution in [-0.2, 0) is 6.42 Å². The maximum absolute atomic E-state index is 4.60. The Hall–Kier alpha value is -1.49. The smallest absolute Gasteiger partial charge is 0.151 e. The van der Waals surface area contributed by atoms with Gasteiger partial charge in [-0.2, -0.15) is 0 Å². The molecular weight excluding hydrogens is 304 g/mol. The molecule has 0 fully saturated rings. The van der Waals surface area contributed by atoms with Gasteiger partial charge in [-0.25, -0.2) is 9.97 Å². The van der Waals surface area contributed by atoms with Crippen LogP contribution in [0.4, 0.5) is 11.5 Å². The second-order valence-electron chi connectivity index (χ2n) is 4.73. The molecule has 0 atom stereocenters. The van der Waals surface area contributed by atoms with Crippen molar-refractivity contribution in [2.24, 2.45) is 0 Å². The van der Waals surface area contributed by atoms with Crippen molar-refractivity contribution in [1.29, 1.82) is 0 Å². The van der Waals surface area contributed by atoms with Crippen LogP contribution in [0.5, 0.6) is 0 Å². The quantitative estimate of drug-likeness (QED) is 0.755. The number of pyridine rings is 1. The lowest BCUT2D eigenvalue weighted by atomic mass is 10.2. The Morgan fingerprint density at radius 2 is 2.05 bits per heavy atom. The van der Waals surface area contributed by atoms with Crippen molar-refractivity contribution >= 4 is 27.4 Å². The maximum atomic E-state index is 4.60. The van der Waals surface area contributed by atoms with E-state index in [0.717, 1.165) is 53.3 Å². The standard InChI is InChI=1S/C14H15BrN4/c1-10-8-16-9-14(17-10)19-7-3-2-4-11-12(19)5-6-13(15)18-11/h5-6,8-9H,2-4,7H2,1H3. The van der Waals surface area contributed by atoms with Crippen molar-refractivity contribution in [1.82, 2.24) is 15.0 Å². The minimum absolute atomic E-state index is 0.892. The van der Waals surface area contributed by atoms with Crippen molar-refractivity contribution < 1.29 is 0 Å². The molecule has 0 saturated heterocycles. The third-order valence-electron chi connectivity index (χ3n) is 3.27. The number of fused-ring (bicyclic) bond motifs is 1. The van der Waals surface area contributed by atoms with Gasteiger partial charge in [-0.3, -0.25) is 4.98 Å². The molecule has 4 nitrogen and oxygen atoms in total. The molecular formula is C14H15BrN4. The normalized spacial score (nSPS) is 14.9. The summed E-state index contributed by atoms with van der Waals surface area (Å²) >= 11 is 3.45. The molecule has 19 heavy (non-hydrogen) atoms. The average Bonchev–Trinajstić information content (AvgIpc) is 2.60. The zero-order valence-electron chi connectivity index (χ0n) is 10.8. The lowest BCUT2D eigenvalue weighted by molar-refractivity contribution is 0.749. The van der Waals surface area contributed by atoms with Gasteiger partial charge >= 0.3 is 0 Å². The van der Waals surface area contributed by atoms with Crippen molar-refractivity contribution in [3.8, 4) is 0 Å². The van der Waals surface area contributed by atoms with E-state index in [1.807, 2.05) is 19.2 Å². The van der Waals surface area contributed by atoms with Crippen LogP contribution < -0.4 is 4.90 Å². The van der Waals surface area contributed by atoms with E-state index in [-0.39, 0.29) is 0 Å². The number of nitrogens with zero attached hydrogens (tertiary/aromatic N) is 4. The van der Waals surface area contributed by atoms with Crippen LogP contribution in [0.2, 0.25) is 0 Å². The van der Waals surface area contributed by atoms with Crippen LogP contribution in [0.1, 0.15) is 24.2 Å². The van der Waals surface area contributed by atoms with Crippen molar-refractivity contribution in [2.75, 3.05) is 11.4 Å². The number of halogens is 1. The highest BCUT2D eigenvalue weighted by Crippen LogP contribution is 2.31. The second-order valence-corrected chi connectivity index (χ2v) is 5.54. The summed E-state index contributed by atoms with van der Waals surface area (Å²) < 4.78 is 0.892. The van der Waals surface area contributed by atoms with E-state index in [0.29, 0.717) is 0 Å². The van der Waals surface area contributed by atoms with Gasteiger partial charge in [0.05, 0.1) is 23.3 Å². The van der Waals surface area contributed by atoms with Gasteiger partial charge in [0.2, 0.25) is 0 Å². The van der Waals surface area contributed by atoms with E-state index >= 15 is 0 Å². The van der Waals surface area contributed by atoms with Crippen LogP contribution in [0.15, 0.2) is 29.1 Å². The lowest BCUT2D eigenvalue weighted by Crippen LogP contribution is -2.20. The molecule has 2 aromatic heterocycles. The number of hydrogen-bond acceptors (Lipinski definition) is 4. The van der Waals surface area contributed by atoms with Gasteiger partial charge in [-0.1, -0.05) is 0 Å². The minimum atomic E-state index is 0.892. The van der Waals surface area contributed by atoms with E-state index in [9.17, 15) is 0 Å². The molecule has 0 spiro atoms. The number of anilines is 2. The first-order valence-electron chi connectivity index (χ1n) is 6.45. The van der Waals surface area contributed by atoms with E-state index in [1.54, 1.807) is 6.20 Å². The third kappa shape index (κ3) is 2.61. The van der Waals surface area contributed by atoms with Crippen molar-refractivity contribution in [3.63, 3.8) is 0 Å². The highest BCUT2D eigenvalue weighted by Gasteiger charge is 2.19. The fourth-order valence-corrected chi connectivity index (χ4v) is 2.74. The summed E-state index contributed by atoms with van der Waals surface area (Å²) in [5, 5.41) is 0. The van der Waals surface area contributed by atoms with E-state index in [1.165, 1.54) is 0 Å². The van der Waals surface area contributed by atoms with Crippen LogP contribution in [0.3, 0.4) is 0 Å². The Labute approximate surface area is 121 Å². The summed E-state index contributed by atoms with van der Waals surface area (Å²) in [5.41, 5.74) is 3.23. The van der Waals surface area contributed by atoms with Crippen LogP contribution in [-0.4, -0.2) is 21.5 Å². The summed E-state index contributed by atoms with van der Waals surface area (Å²) in [4.78, 5) is 15.7. The fourth-order valence-electron chi connectivity index (χ4n) is 2.40. The summed E-state index contributed by atoms with van der Waals surface area (Å²) in [7, 11) is 0. The number of hydrogen-bond donors (Lipinski definition) is 0. The predicted molar refractivity (Wildman–Crippen MR) is 78.7 cm³/mol. The zero-order valence-corrected chi connectivity index (χ0v) is 12.4. The molecule has 0 N–H and O–H groups in total. The van der Waals surface area contributed by atoms with Crippen molar-refractivity contribution in [2.45, 2.75) is 26.2 Å². The van der Waals surface area contributed by atoms with E-state index in [4.69, 9.17) is 0 Å². The number of aromatic nitrogens is 3. The monoisotopic (exact) mass is 318 g/mol. The lowest BCUT2D eigenvalue weighted by Gasteiger charge is -2.23. The Bertz CT molecular complexity index is 600. The molecule has 2 aromatic rings. The SMILES string of the molecule is Cc1cncc(N2CCCCc3nc(Br)ccc32)n1. The first-order chi connectivity index (χ1) is 9.24. The molecule has 1 aliphatic rings. The molecule has 0 unspecified atom stereocenters. The first-order valence-corrected chi connectivity index (χ1v) is 7.25. The Morgan fingerprint density at radius 3 is 2.89 bits per heavy atom. The topological polar surface area (TPSA) is 41.9 Å². The van der Waals surface area contributed by atoms with E-state index < -0.39 is 0 Å². The van der Waals surface area contributed by atoms with Crippen LogP contribution >= 0.6 is 15.9 Å². The Balaban J connectivity index is 2.07. The molecule has 0 radical (unpaired) electrons. The molecule has 3 rings (SSSR count). The van der Waals surface area contributed by atoms with Gasteiger partial charge in [-0.05, 0) is 54.2 Å². The maximum Gasteiger partial charge on any atom is 0.151 e.